The summed E-state index contributed by atoms with van der Waals surface area (Å²) in [6.45, 7) is -0.349. The Bertz CT molecular complexity index is 1480. The molecule has 0 fully saturated rings. The second-order valence-electron chi connectivity index (χ2n) is 8.04. The smallest absolute Gasteiger partial charge is 0.259 e. The number of imide groups is 1. The van der Waals surface area contributed by atoms with E-state index in [1.807, 2.05) is 24.3 Å². The molecule has 3 heterocycles. The van der Waals surface area contributed by atoms with Gasteiger partial charge in [-0.3, -0.25) is 14.9 Å². The summed E-state index contributed by atoms with van der Waals surface area (Å²) in [7, 11) is 3.03. The number of carbonyl (C=O) groups is 2. The number of amides is 2. The molecule has 1 aliphatic rings. The van der Waals surface area contributed by atoms with Crippen molar-refractivity contribution in [1.82, 2.24) is 14.9 Å². The summed E-state index contributed by atoms with van der Waals surface area (Å²) in [5, 5.41) is 23.4. The summed E-state index contributed by atoms with van der Waals surface area (Å²) < 4.78 is 12.6. The number of hydrogen-bond acceptors (Lipinski definition) is 6. The van der Waals surface area contributed by atoms with Crippen LogP contribution in [0.2, 0.25) is 0 Å². The monoisotopic (exact) mass is 461 g/mol. The number of aromatic nitrogens is 2. The average Bonchev–Trinajstić information content (AvgIpc) is 3.50. The number of nitrogens with one attached hydrogen (secondary N) is 2. The number of aliphatic hydroxyl groups is 2. The quantitative estimate of drug-likeness (QED) is 0.312. The van der Waals surface area contributed by atoms with Gasteiger partial charge < -0.3 is 29.2 Å². The second-order valence-corrected chi connectivity index (χ2v) is 8.04. The van der Waals surface area contributed by atoms with Crippen molar-refractivity contribution in [3.8, 4) is 11.5 Å². The molecule has 5 rings (SSSR count). The number of benzene rings is 2. The average molecular weight is 461 g/mol. The van der Waals surface area contributed by atoms with Crippen LogP contribution in [0.4, 0.5) is 0 Å². The highest BCUT2D eigenvalue weighted by Crippen LogP contribution is 2.41. The first-order valence-electron chi connectivity index (χ1n) is 10.7. The molecule has 0 saturated carbocycles. The first-order valence-corrected chi connectivity index (χ1v) is 10.7. The highest BCUT2D eigenvalue weighted by molar-refractivity contribution is 6.50. The fourth-order valence-electron chi connectivity index (χ4n) is 4.50. The van der Waals surface area contributed by atoms with Crippen LogP contribution in [0.5, 0.6) is 11.5 Å². The summed E-state index contributed by atoms with van der Waals surface area (Å²) >= 11 is 0. The maximum atomic E-state index is 13.1. The number of H-pyrrole nitrogens is 1. The molecule has 0 bridgehead atoms. The van der Waals surface area contributed by atoms with Gasteiger partial charge >= 0.3 is 0 Å². The van der Waals surface area contributed by atoms with Gasteiger partial charge in [-0.2, -0.15) is 0 Å². The SMILES string of the molecule is COc1cc2c(C3=C(c4c[nH]c5ccccc45)C(=O)NC3=O)cn(CC(O)CO)c2cc1OC. The third-order valence-electron chi connectivity index (χ3n) is 6.06. The van der Waals surface area contributed by atoms with Crippen LogP contribution in [0.25, 0.3) is 33.0 Å². The van der Waals surface area contributed by atoms with Crippen molar-refractivity contribution in [2.24, 2.45) is 0 Å². The van der Waals surface area contributed by atoms with Crippen LogP contribution < -0.4 is 14.8 Å². The molecule has 2 amide bonds. The van der Waals surface area contributed by atoms with E-state index < -0.39 is 24.5 Å². The normalized spacial score (nSPS) is 14.8. The number of aromatic amines is 1. The lowest BCUT2D eigenvalue weighted by molar-refractivity contribution is -0.122. The Labute approximate surface area is 194 Å². The molecule has 4 N–H and O–H groups in total. The Morgan fingerprint density at radius 3 is 2.35 bits per heavy atom. The largest absolute Gasteiger partial charge is 0.493 e. The first-order chi connectivity index (χ1) is 16.5. The highest BCUT2D eigenvalue weighted by Gasteiger charge is 2.35. The maximum Gasteiger partial charge on any atom is 0.259 e. The van der Waals surface area contributed by atoms with Gasteiger partial charge in [0.15, 0.2) is 11.5 Å². The minimum Gasteiger partial charge on any atom is -0.493 e. The number of fused-ring (bicyclic) bond motifs is 2. The Kier molecular flexibility index (Phi) is 5.35. The molecule has 1 aliphatic heterocycles. The van der Waals surface area contributed by atoms with Crippen molar-refractivity contribution in [2.75, 3.05) is 20.8 Å². The Balaban J connectivity index is 1.82. The van der Waals surface area contributed by atoms with E-state index >= 15 is 0 Å². The Morgan fingerprint density at radius 2 is 1.65 bits per heavy atom. The molecule has 4 aromatic rings. The van der Waals surface area contributed by atoms with Crippen molar-refractivity contribution in [3.63, 3.8) is 0 Å². The van der Waals surface area contributed by atoms with E-state index in [-0.39, 0.29) is 17.7 Å². The third kappa shape index (κ3) is 3.33. The number of hydrogen-bond donors (Lipinski definition) is 4. The molecule has 174 valence electrons. The highest BCUT2D eigenvalue weighted by atomic mass is 16.5. The number of nitrogens with zero attached hydrogens (tertiary/aromatic N) is 1. The van der Waals surface area contributed by atoms with Crippen LogP contribution >= 0.6 is 0 Å². The molecule has 34 heavy (non-hydrogen) atoms. The fourth-order valence-corrected chi connectivity index (χ4v) is 4.50. The summed E-state index contributed by atoms with van der Waals surface area (Å²) in [5.74, 6) is -0.0730. The van der Waals surface area contributed by atoms with Crippen LogP contribution in [0.1, 0.15) is 11.1 Å². The number of para-hydroxylation sites is 1. The summed E-state index contributed by atoms with van der Waals surface area (Å²) in [6, 6.07) is 11.0. The van der Waals surface area contributed by atoms with Crippen molar-refractivity contribution in [1.29, 1.82) is 0 Å². The van der Waals surface area contributed by atoms with Crippen molar-refractivity contribution in [2.45, 2.75) is 12.6 Å². The van der Waals surface area contributed by atoms with E-state index in [0.29, 0.717) is 33.5 Å². The number of carbonyl (C=O) groups excluding carboxylic acids is 2. The van der Waals surface area contributed by atoms with E-state index in [2.05, 4.69) is 10.3 Å². The lowest BCUT2D eigenvalue weighted by Gasteiger charge is -2.12. The third-order valence-corrected chi connectivity index (χ3v) is 6.06. The van der Waals surface area contributed by atoms with E-state index in [4.69, 9.17) is 9.47 Å². The zero-order chi connectivity index (χ0) is 24.0. The molecular formula is C25H23N3O6. The van der Waals surface area contributed by atoms with Crippen LogP contribution in [-0.2, 0) is 16.1 Å². The first kappa shape index (κ1) is 21.7. The molecular weight excluding hydrogens is 438 g/mol. The predicted octanol–water partition coefficient (Wildman–Crippen LogP) is 2.06. The number of methoxy groups -OCH3 is 2. The van der Waals surface area contributed by atoms with Gasteiger partial charge in [0.25, 0.3) is 11.8 Å². The molecule has 9 heteroatoms. The number of aliphatic hydroxyl groups excluding tert-OH is 2. The standard InChI is InChI=1S/C25H23N3O6/c1-33-20-7-15-17(11-28(10-13(30)12-29)19(15)8-21(20)34-2)23-22(24(31)27-25(23)32)16-9-26-18-6-4-3-5-14(16)18/h3-9,11,13,26,29-30H,10,12H2,1-2H3,(H,27,31,32). The minimum absolute atomic E-state index is 0.0771. The molecule has 2 aromatic heterocycles. The number of rotatable bonds is 7. The van der Waals surface area contributed by atoms with Gasteiger partial charge in [-0.15, -0.1) is 0 Å². The van der Waals surface area contributed by atoms with Crippen LogP contribution in [0.15, 0.2) is 48.8 Å². The van der Waals surface area contributed by atoms with Crippen LogP contribution in [-0.4, -0.2) is 58.5 Å². The second kappa shape index (κ2) is 8.36. The summed E-state index contributed by atoms with van der Waals surface area (Å²) in [5.41, 5.74) is 3.10. The van der Waals surface area contributed by atoms with Crippen LogP contribution in [0.3, 0.4) is 0 Å². The molecule has 9 nitrogen and oxygen atoms in total. The van der Waals surface area contributed by atoms with Crippen molar-refractivity contribution < 1.29 is 29.3 Å². The van der Waals surface area contributed by atoms with Gasteiger partial charge in [-0.1, -0.05) is 18.2 Å². The lowest BCUT2D eigenvalue weighted by Crippen LogP contribution is -2.22. The predicted molar refractivity (Wildman–Crippen MR) is 126 cm³/mol. The maximum absolute atomic E-state index is 13.1. The van der Waals surface area contributed by atoms with Gasteiger partial charge in [0.05, 0.1) is 50.1 Å². The summed E-state index contributed by atoms with van der Waals surface area (Å²) in [6.07, 6.45) is 2.40. The van der Waals surface area contributed by atoms with Gasteiger partial charge in [-0.25, -0.2) is 0 Å². The fraction of sp³-hybridized carbons (Fsp3) is 0.200. The molecule has 2 aromatic carbocycles. The molecule has 0 radical (unpaired) electrons. The zero-order valence-electron chi connectivity index (χ0n) is 18.6. The number of ether oxygens (including phenoxy) is 2. The van der Waals surface area contributed by atoms with E-state index in [0.717, 1.165) is 10.9 Å². The van der Waals surface area contributed by atoms with Gasteiger partial charge in [-0.05, 0) is 12.1 Å². The van der Waals surface area contributed by atoms with Gasteiger partial charge in [0, 0.05) is 45.9 Å². The molecule has 1 atom stereocenters. The molecule has 0 aliphatic carbocycles. The minimum atomic E-state index is -1.02. The van der Waals surface area contributed by atoms with E-state index in [9.17, 15) is 19.8 Å². The van der Waals surface area contributed by atoms with Gasteiger partial charge in [0.2, 0.25) is 0 Å². The van der Waals surface area contributed by atoms with Crippen molar-refractivity contribution >= 4 is 44.8 Å². The summed E-state index contributed by atoms with van der Waals surface area (Å²) in [4.78, 5) is 29.2. The van der Waals surface area contributed by atoms with E-state index in [1.165, 1.54) is 14.2 Å². The topological polar surface area (TPSA) is 126 Å². The Hall–Kier alpha value is -4.08. The molecule has 1 unspecified atom stereocenters. The molecule has 0 spiro atoms. The van der Waals surface area contributed by atoms with Crippen molar-refractivity contribution in [3.05, 3.63) is 59.9 Å². The van der Waals surface area contributed by atoms with E-state index in [1.54, 1.807) is 29.1 Å². The zero-order valence-corrected chi connectivity index (χ0v) is 18.6. The molecule has 0 saturated heterocycles. The lowest BCUT2D eigenvalue weighted by atomic mass is 9.95. The Morgan fingerprint density at radius 1 is 0.971 bits per heavy atom. The van der Waals surface area contributed by atoms with Gasteiger partial charge in [0.1, 0.15) is 0 Å². The van der Waals surface area contributed by atoms with Crippen LogP contribution in [0, 0.1) is 0 Å².